The second-order valence-electron chi connectivity index (χ2n) is 6.26. The van der Waals surface area contributed by atoms with Gasteiger partial charge in [0.1, 0.15) is 6.10 Å². The van der Waals surface area contributed by atoms with Crippen LogP contribution in [0.3, 0.4) is 0 Å². The first kappa shape index (κ1) is 15.5. The minimum atomic E-state index is -0.219. The van der Waals surface area contributed by atoms with Crippen LogP contribution in [0.1, 0.15) is 13.8 Å². The van der Waals surface area contributed by atoms with Crippen molar-refractivity contribution in [2.24, 2.45) is 5.92 Å². The highest BCUT2D eigenvalue weighted by molar-refractivity contribution is 5.70. The molecule has 0 aromatic carbocycles. The summed E-state index contributed by atoms with van der Waals surface area (Å²) < 4.78 is 5.31. The maximum Gasteiger partial charge on any atom is 0.410 e. The molecule has 0 aliphatic carbocycles. The zero-order valence-electron chi connectivity index (χ0n) is 13.1. The molecule has 0 spiro atoms. The Morgan fingerprint density at radius 2 is 1.95 bits per heavy atom. The molecule has 116 valence electrons. The Labute approximate surface area is 121 Å². The Balaban J connectivity index is 1.98. The fourth-order valence-corrected chi connectivity index (χ4v) is 3.77. The van der Waals surface area contributed by atoms with E-state index in [0.29, 0.717) is 24.5 Å². The second-order valence-corrected chi connectivity index (χ2v) is 6.26. The summed E-state index contributed by atoms with van der Waals surface area (Å²) in [6.07, 6.45) is -0.275. The van der Waals surface area contributed by atoms with E-state index in [4.69, 9.17) is 9.84 Å². The van der Waals surface area contributed by atoms with Gasteiger partial charge in [0.2, 0.25) is 0 Å². The van der Waals surface area contributed by atoms with Crippen LogP contribution in [-0.4, -0.2) is 91.0 Å². The van der Waals surface area contributed by atoms with Gasteiger partial charge in [-0.3, -0.25) is 4.90 Å². The second kappa shape index (κ2) is 5.87. The van der Waals surface area contributed by atoms with Gasteiger partial charge in [0, 0.05) is 32.2 Å². The van der Waals surface area contributed by atoms with Crippen molar-refractivity contribution in [3.05, 3.63) is 0 Å². The fourth-order valence-electron chi connectivity index (χ4n) is 3.77. The van der Waals surface area contributed by atoms with Crippen LogP contribution in [0.2, 0.25) is 0 Å². The lowest BCUT2D eigenvalue weighted by Crippen LogP contribution is -2.70. The zero-order chi connectivity index (χ0) is 15.0. The van der Waals surface area contributed by atoms with E-state index >= 15 is 0 Å². The topological polar surface area (TPSA) is 56.2 Å². The van der Waals surface area contributed by atoms with Gasteiger partial charge in [0.15, 0.2) is 0 Å². The maximum absolute atomic E-state index is 11.6. The molecule has 6 heteroatoms. The first-order valence-corrected chi connectivity index (χ1v) is 7.33. The summed E-state index contributed by atoms with van der Waals surface area (Å²) in [5, 5.41) is 8.98. The largest absolute Gasteiger partial charge is 0.444 e. The summed E-state index contributed by atoms with van der Waals surface area (Å²) >= 11 is 0. The molecule has 6 nitrogen and oxygen atoms in total. The van der Waals surface area contributed by atoms with Crippen LogP contribution >= 0.6 is 0 Å². The molecule has 3 unspecified atom stereocenters. The molecule has 0 saturated carbocycles. The van der Waals surface area contributed by atoms with Gasteiger partial charge in [-0.2, -0.15) is 0 Å². The van der Waals surface area contributed by atoms with Crippen LogP contribution in [0.25, 0.3) is 0 Å². The van der Waals surface area contributed by atoms with Crippen molar-refractivity contribution < 1.29 is 14.6 Å². The smallest absolute Gasteiger partial charge is 0.410 e. The number of amides is 1. The summed E-state index contributed by atoms with van der Waals surface area (Å²) in [4.78, 5) is 17.9. The summed E-state index contributed by atoms with van der Waals surface area (Å²) in [6.45, 7) is 6.04. The number of aliphatic hydroxyl groups excluding tert-OH is 1. The van der Waals surface area contributed by atoms with E-state index in [-0.39, 0.29) is 24.8 Å². The Hall–Kier alpha value is -0.850. The number of nitrogens with zero attached hydrogens (tertiary/aromatic N) is 3. The normalized spacial score (nSPS) is 38.2. The van der Waals surface area contributed by atoms with E-state index in [2.05, 4.69) is 23.8 Å². The average molecular weight is 285 g/mol. The molecule has 0 aromatic heterocycles. The van der Waals surface area contributed by atoms with E-state index in [0.717, 1.165) is 6.54 Å². The number of ether oxygens (including phenoxy) is 1. The summed E-state index contributed by atoms with van der Waals surface area (Å²) in [6, 6.07) is 0.934. The van der Waals surface area contributed by atoms with E-state index in [1.807, 2.05) is 21.0 Å². The van der Waals surface area contributed by atoms with Crippen molar-refractivity contribution in [3.8, 4) is 0 Å². The molecule has 1 N–H and O–H groups in total. The molecule has 2 heterocycles. The van der Waals surface area contributed by atoms with E-state index in [1.54, 1.807) is 4.90 Å². The number of hydrogen-bond donors (Lipinski definition) is 1. The number of likely N-dealkylation sites (tertiary alicyclic amines) is 1. The molecule has 2 aliphatic heterocycles. The van der Waals surface area contributed by atoms with Crippen LogP contribution in [0.15, 0.2) is 0 Å². The third kappa shape index (κ3) is 2.52. The van der Waals surface area contributed by atoms with Crippen molar-refractivity contribution >= 4 is 6.09 Å². The van der Waals surface area contributed by atoms with Gasteiger partial charge in [-0.05, 0) is 26.9 Å². The number of likely N-dealkylation sites (N-methyl/N-ethyl adjacent to an activating group) is 3. The first-order valence-electron chi connectivity index (χ1n) is 7.33. The number of rotatable bonds is 5. The number of aliphatic hydroxyl groups is 1. The lowest BCUT2D eigenvalue weighted by molar-refractivity contribution is -0.0765. The Kier molecular flexibility index (Phi) is 4.56. The fraction of sp³-hybridized carbons (Fsp3) is 0.929. The summed E-state index contributed by atoms with van der Waals surface area (Å²) in [5.74, 6) is 0.505. The van der Waals surface area contributed by atoms with Crippen LogP contribution in [-0.2, 0) is 4.74 Å². The first-order chi connectivity index (χ1) is 9.38. The van der Waals surface area contributed by atoms with Gasteiger partial charge in [-0.15, -0.1) is 0 Å². The summed E-state index contributed by atoms with van der Waals surface area (Å²) in [7, 11) is 5.97. The quantitative estimate of drug-likeness (QED) is 0.774. The monoisotopic (exact) mass is 285 g/mol. The van der Waals surface area contributed by atoms with Crippen molar-refractivity contribution in [3.63, 3.8) is 0 Å². The lowest BCUT2D eigenvalue weighted by atomic mass is 9.76. The number of cyclic esters (lactones) is 1. The van der Waals surface area contributed by atoms with E-state index in [1.165, 1.54) is 0 Å². The molecular formula is C14H27N3O3. The molecule has 2 rings (SSSR count). The summed E-state index contributed by atoms with van der Waals surface area (Å²) in [5.41, 5.74) is 0. The lowest BCUT2D eigenvalue weighted by Gasteiger charge is -2.56. The van der Waals surface area contributed by atoms with Crippen molar-refractivity contribution in [2.45, 2.75) is 38.1 Å². The third-order valence-electron chi connectivity index (χ3n) is 4.97. The highest BCUT2D eigenvalue weighted by Gasteiger charge is 2.53. The highest BCUT2D eigenvalue weighted by atomic mass is 16.6. The van der Waals surface area contributed by atoms with Crippen molar-refractivity contribution in [1.82, 2.24) is 14.7 Å². The molecule has 2 aliphatic rings. The predicted molar refractivity (Wildman–Crippen MR) is 76.6 cm³/mol. The third-order valence-corrected chi connectivity index (χ3v) is 4.97. The van der Waals surface area contributed by atoms with Gasteiger partial charge in [0.05, 0.1) is 12.6 Å². The molecule has 20 heavy (non-hydrogen) atoms. The minimum absolute atomic E-state index is 0.0569. The van der Waals surface area contributed by atoms with E-state index in [9.17, 15) is 4.79 Å². The molecule has 5 atom stereocenters. The molecule has 2 fully saturated rings. The van der Waals surface area contributed by atoms with Gasteiger partial charge < -0.3 is 19.6 Å². The Morgan fingerprint density at radius 3 is 2.40 bits per heavy atom. The minimum Gasteiger partial charge on any atom is -0.444 e. The molecule has 0 aromatic rings. The van der Waals surface area contributed by atoms with Gasteiger partial charge in [-0.25, -0.2) is 4.79 Å². The molecular weight excluding hydrogens is 258 g/mol. The number of hydrogen-bond acceptors (Lipinski definition) is 5. The van der Waals surface area contributed by atoms with Crippen molar-refractivity contribution in [1.29, 1.82) is 0 Å². The predicted octanol–water partition coefficient (Wildman–Crippen LogP) is 0.0683. The Bertz CT molecular complexity index is 356. The van der Waals surface area contributed by atoms with Crippen LogP contribution in [0.5, 0.6) is 0 Å². The SMILES string of the molecule is C[C@H]1C(CN(C)CCO)N(C)C1C1[C@H](C)OC(=O)N1C. The van der Waals surface area contributed by atoms with Crippen LogP contribution in [0, 0.1) is 5.92 Å². The highest BCUT2D eigenvalue weighted by Crippen LogP contribution is 2.38. The number of carbonyl (C=O) groups is 1. The molecule has 1 amide bonds. The van der Waals surface area contributed by atoms with E-state index < -0.39 is 0 Å². The molecule has 0 radical (unpaired) electrons. The number of carbonyl (C=O) groups excluding carboxylic acids is 1. The van der Waals surface area contributed by atoms with Gasteiger partial charge in [-0.1, -0.05) is 6.92 Å². The standard InChI is InChI=1S/C14H27N3O3/c1-9-11(8-15(3)6-7-18)16(4)12(9)13-10(2)20-14(19)17(13)5/h9-13,18H,6-8H2,1-5H3/t9-,10-,11?,12?,13?/m0/s1. The average Bonchev–Trinajstić information content (AvgIpc) is 2.63. The van der Waals surface area contributed by atoms with Gasteiger partial charge in [0.25, 0.3) is 0 Å². The van der Waals surface area contributed by atoms with Gasteiger partial charge >= 0.3 is 6.09 Å². The molecule has 2 saturated heterocycles. The maximum atomic E-state index is 11.6. The van der Waals surface area contributed by atoms with Crippen molar-refractivity contribution in [2.75, 3.05) is 40.8 Å². The van der Waals surface area contributed by atoms with Crippen LogP contribution < -0.4 is 0 Å². The molecule has 0 bridgehead atoms. The Morgan fingerprint density at radius 1 is 1.30 bits per heavy atom. The zero-order valence-corrected chi connectivity index (χ0v) is 13.1. The van der Waals surface area contributed by atoms with Crippen LogP contribution in [0.4, 0.5) is 4.79 Å².